The number of aliphatic carboxylic acids is 1. The average Bonchev–Trinajstić information content (AvgIpc) is 2.80. The second kappa shape index (κ2) is 10.9. The predicted molar refractivity (Wildman–Crippen MR) is 130 cm³/mol. The molecule has 0 amide bonds. The minimum Gasteiger partial charge on any atom is -0.744 e. The normalized spacial score (nSPS) is 12.5. The first kappa shape index (κ1) is 24.8. The number of hydrogen-bond donors (Lipinski definition) is 0. The molecule has 0 heterocycles. The third-order valence-electron chi connectivity index (χ3n) is 5.53. The fourth-order valence-corrected chi connectivity index (χ4v) is 9.29. The van der Waals surface area contributed by atoms with Crippen molar-refractivity contribution in [2.24, 2.45) is 0 Å². The van der Waals surface area contributed by atoms with Gasteiger partial charge in [-0.2, -0.15) is 0 Å². The lowest BCUT2D eigenvalue weighted by molar-refractivity contribution is -0.297. The zero-order chi connectivity index (χ0) is 23.9. The molecule has 0 saturated carbocycles. The molecule has 3 aromatic rings. The Morgan fingerprint density at radius 2 is 1.39 bits per heavy atom. The highest BCUT2D eigenvalue weighted by atomic mass is 32.2. The summed E-state index contributed by atoms with van der Waals surface area (Å²) in [6.07, 6.45) is 4.33. The number of hydrogen-bond acceptors (Lipinski definition) is 5. The fourth-order valence-electron chi connectivity index (χ4n) is 4.12. The lowest BCUT2D eigenvalue weighted by Gasteiger charge is -2.30. The van der Waals surface area contributed by atoms with Gasteiger partial charge in [-0.25, -0.2) is 8.42 Å². The molecule has 33 heavy (non-hydrogen) atoms. The van der Waals surface area contributed by atoms with Crippen LogP contribution in [0, 0.1) is 0 Å². The minimum atomic E-state index is -4.70. The fraction of sp³-hybridized carbons (Fsp3) is 0.192. The number of carbonyl (C=O) groups is 1. The van der Waals surface area contributed by atoms with Gasteiger partial charge in [0.1, 0.15) is 33.3 Å². The molecule has 0 spiro atoms. The van der Waals surface area contributed by atoms with E-state index in [4.69, 9.17) is 0 Å². The van der Waals surface area contributed by atoms with Crippen LogP contribution in [0.4, 0.5) is 0 Å². The van der Waals surface area contributed by atoms with Crippen LogP contribution in [0.25, 0.3) is 0 Å². The van der Waals surface area contributed by atoms with Gasteiger partial charge in [-0.05, 0) is 55.0 Å². The van der Waals surface area contributed by atoms with Crippen molar-refractivity contribution in [3.8, 4) is 0 Å². The Morgan fingerprint density at radius 1 is 0.848 bits per heavy atom. The van der Waals surface area contributed by atoms with Gasteiger partial charge in [0.05, 0.1) is 16.2 Å². The Hall–Kier alpha value is -2.79. The van der Waals surface area contributed by atoms with E-state index in [1.54, 1.807) is 12.1 Å². The Balaban J connectivity index is 2.46. The molecule has 0 radical (unpaired) electrons. The number of carboxylic acids is 1. The van der Waals surface area contributed by atoms with E-state index in [0.717, 1.165) is 29.9 Å². The number of benzene rings is 3. The van der Waals surface area contributed by atoms with E-state index in [2.05, 4.69) is 6.92 Å². The molecular weight excluding hydrogens is 455 g/mol. The molecule has 5 nitrogen and oxygen atoms in total. The zero-order valence-electron chi connectivity index (χ0n) is 18.4. The van der Waals surface area contributed by atoms with Crippen LogP contribution in [0.1, 0.15) is 32.6 Å². The molecule has 3 rings (SSSR count). The lowest BCUT2D eigenvalue weighted by Crippen LogP contribution is -2.34. The maximum atomic E-state index is 11.9. The zero-order valence-corrected chi connectivity index (χ0v) is 20.1. The van der Waals surface area contributed by atoms with Gasteiger partial charge in [-0.1, -0.05) is 62.2 Å². The lowest BCUT2D eigenvalue weighted by atomic mass is 10.2. The molecular formula is C26H26O5PS-. The van der Waals surface area contributed by atoms with E-state index in [-0.39, 0.29) is 4.90 Å². The van der Waals surface area contributed by atoms with Crippen molar-refractivity contribution in [2.45, 2.75) is 37.5 Å². The first-order valence-electron chi connectivity index (χ1n) is 10.8. The van der Waals surface area contributed by atoms with Crippen molar-refractivity contribution in [1.82, 2.24) is 0 Å². The van der Waals surface area contributed by atoms with Gasteiger partial charge in [0.25, 0.3) is 0 Å². The van der Waals surface area contributed by atoms with Gasteiger partial charge in [-0.3, -0.25) is 0 Å². The summed E-state index contributed by atoms with van der Waals surface area (Å²) in [7, 11) is -7.52. The summed E-state index contributed by atoms with van der Waals surface area (Å²) in [5.74, 6) is -1.30. The second-order valence-electron chi connectivity index (χ2n) is 7.71. The largest absolute Gasteiger partial charge is 0.744 e. The summed E-state index contributed by atoms with van der Waals surface area (Å²) in [6.45, 7) is 2.07. The molecule has 3 aromatic carbocycles. The molecule has 0 aliphatic rings. The van der Waals surface area contributed by atoms with Crippen molar-refractivity contribution < 1.29 is 22.9 Å². The van der Waals surface area contributed by atoms with Crippen LogP contribution in [0.2, 0.25) is 0 Å². The van der Waals surface area contributed by atoms with E-state index in [1.807, 2.05) is 60.7 Å². The molecule has 0 fully saturated rings. The van der Waals surface area contributed by atoms with Crippen LogP contribution in [0.3, 0.4) is 0 Å². The summed E-state index contributed by atoms with van der Waals surface area (Å²) in [5.41, 5.74) is 0. The SMILES string of the molecule is CCCCC/C(=C\C(=O)[O-])[P+](c1ccccc1)(c1ccccc1)c1cccc(S(=O)(=O)[O-])c1. The first-order chi connectivity index (χ1) is 15.8. The van der Waals surface area contributed by atoms with Crippen LogP contribution < -0.4 is 21.0 Å². The van der Waals surface area contributed by atoms with E-state index in [1.165, 1.54) is 18.2 Å². The average molecular weight is 482 g/mol. The van der Waals surface area contributed by atoms with Crippen LogP contribution >= 0.6 is 7.26 Å². The summed E-state index contributed by atoms with van der Waals surface area (Å²) in [5, 5.41) is 14.9. The standard InChI is InChI=1S/C26H27O5PS/c1-2-3-6-16-24(20-26(27)28)32(21-12-7-4-8-13-21,22-14-9-5-10-15-22)23-17-11-18-25(19-23)33(29,30)31/h4-5,7-15,17-20H,2-3,6,16H2,1H3,(H-,27,28,29,30,31)/p-1/b24-20+. The van der Waals surface area contributed by atoms with Gasteiger partial charge in [-0.15, -0.1) is 0 Å². The smallest absolute Gasteiger partial charge is 0.140 e. The molecule has 0 aliphatic carbocycles. The van der Waals surface area contributed by atoms with Crippen molar-refractivity contribution in [2.75, 3.05) is 0 Å². The third-order valence-corrected chi connectivity index (χ3v) is 10.8. The quantitative estimate of drug-likeness (QED) is 0.192. The molecule has 0 atom stereocenters. The van der Waals surface area contributed by atoms with Crippen molar-refractivity contribution in [3.63, 3.8) is 0 Å². The highest BCUT2D eigenvalue weighted by molar-refractivity contribution is 7.99. The molecule has 0 bridgehead atoms. The molecule has 7 heteroatoms. The highest BCUT2D eigenvalue weighted by Crippen LogP contribution is 2.63. The van der Waals surface area contributed by atoms with Crippen LogP contribution in [0.15, 0.2) is 101 Å². The van der Waals surface area contributed by atoms with Gasteiger partial charge in [0.2, 0.25) is 0 Å². The van der Waals surface area contributed by atoms with E-state index < -0.39 is 23.3 Å². The van der Waals surface area contributed by atoms with Gasteiger partial charge < -0.3 is 14.5 Å². The molecule has 0 aromatic heterocycles. The molecule has 0 aliphatic heterocycles. The Labute approximate surface area is 195 Å². The Kier molecular flexibility index (Phi) is 8.20. The van der Waals surface area contributed by atoms with Crippen molar-refractivity contribution in [1.29, 1.82) is 0 Å². The van der Waals surface area contributed by atoms with Gasteiger partial charge in [0, 0.05) is 6.42 Å². The number of unbranched alkanes of at least 4 members (excludes halogenated alkanes) is 2. The summed E-state index contributed by atoms with van der Waals surface area (Å²) in [4.78, 5) is 11.6. The summed E-state index contributed by atoms with van der Waals surface area (Å²) >= 11 is 0. The van der Waals surface area contributed by atoms with Gasteiger partial charge >= 0.3 is 0 Å². The molecule has 0 unspecified atom stereocenters. The Bertz CT molecular complexity index is 1180. The van der Waals surface area contributed by atoms with Gasteiger partial charge in [0.15, 0.2) is 0 Å². The van der Waals surface area contributed by atoms with E-state index >= 15 is 0 Å². The van der Waals surface area contributed by atoms with E-state index in [0.29, 0.717) is 17.0 Å². The molecule has 172 valence electrons. The number of allylic oxidation sites excluding steroid dienone is 1. The number of carboxylic acid groups (broad SMARTS) is 1. The topological polar surface area (TPSA) is 97.3 Å². The maximum Gasteiger partial charge on any atom is 0.140 e. The van der Waals surface area contributed by atoms with Crippen LogP contribution in [-0.4, -0.2) is 18.9 Å². The van der Waals surface area contributed by atoms with Crippen LogP contribution in [0.5, 0.6) is 0 Å². The summed E-state index contributed by atoms with van der Waals surface area (Å²) in [6, 6.07) is 25.0. The van der Waals surface area contributed by atoms with Crippen molar-refractivity contribution in [3.05, 3.63) is 96.3 Å². The minimum absolute atomic E-state index is 0.336. The van der Waals surface area contributed by atoms with Crippen LogP contribution in [-0.2, 0) is 14.9 Å². The van der Waals surface area contributed by atoms with Crippen molar-refractivity contribution >= 4 is 39.3 Å². The van der Waals surface area contributed by atoms with E-state index in [9.17, 15) is 22.9 Å². The highest BCUT2D eigenvalue weighted by Gasteiger charge is 2.49. The maximum absolute atomic E-state index is 11.9. The molecule has 0 saturated heterocycles. The monoisotopic (exact) mass is 481 g/mol. The third kappa shape index (κ3) is 5.59. The first-order valence-corrected chi connectivity index (χ1v) is 14.0. The second-order valence-corrected chi connectivity index (χ2v) is 12.6. The molecule has 0 N–H and O–H groups in total. The number of rotatable bonds is 10. The predicted octanol–water partition coefficient (Wildman–Crippen LogP) is 3.10. The Morgan fingerprint density at radius 3 is 1.88 bits per heavy atom. The summed E-state index contributed by atoms with van der Waals surface area (Å²) < 4.78 is 35.6. The number of carbonyl (C=O) groups excluding carboxylic acids is 1.